The van der Waals surface area contributed by atoms with E-state index < -0.39 is 17.7 Å². The lowest BCUT2D eigenvalue weighted by atomic mass is 9.97. The monoisotopic (exact) mass is 448 g/mol. The molecule has 162 valence electrons. The maximum Gasteiger partial charge on any atom is 0.300 e. The second-order valence-electron chi connectivity index (χ2n) is 7.49. The first kappa shape index (κ1) is 21.6. The van der Waals surface area contributed by atoms with Gasteiger partial charge in [0.1, 0.15) is 17.6 Å². The third-order valence-electron chi connectivity index (χ3n) is 5.68. The summed E-state index contributed by atoms with van der Waals surface area (Å²) in [4.78, 5) is 32.3. The van der Waals surface area contributed by atoms with Crippen molar-refractivity contribution in [1.82, 2.24) is 4.98 Å². The predicted octanol–water partition coefficient (Wildman–Crippen LogP) is 4.99. The van der Waals surface area contributed by atoms with E-state index >= 15 is 0 Å². The van der Waals surface area contributed by atoms with Gasteiger partial charge in [-0.2, -0.15) is 0 Å². The Labute approximate surface area is 190 Å². The molecular weight excluding hydrogens is 428 g/mol. The Morgan fingerprint density at radius 3 is 2.56 bits per heavy atom. The Morgan fingerprint density at radius 1 is 1.09 bits per heavy atom. The van der Waals surface area contributed by atoms with Gasteiger partial charge in [-0.25, -0.2) is 0 Å². The molecule has 1 aliphatic rings. The highest BCUT2D eigenvalue weighted by Crippen LogP contribution is 2.43. The van der Waals surface area contributed by atoms with Crippen molar-refractivity contribution in [3.05, 3.63) is 93.8 Å². The fourth-order valence-electron chi connectivity index (χ4n) is 3.85. The first-order chi connectivity index (χ1) is 15.3. The van der Waals surface area contributed by atoms with Crippen LogP contribution in [0.5, 0.6) is 5.75 Å². The molecule has 4 rings (SSSR count). The average Bonchev–Trinajstić information content (AvgIpc) is 3.06. The number of ether oxygens (including phenoxy) is 1. The molecule has 2 heterocycles. The molecule has 0 spiro atoms. The Kier molecular flexibility index (Phi) is 5.72. The molecule has 1 atom stereocenters. The summed E-state index contributed by atoms with van der Waals surface area (Å²) in [7, 11) is 1.49. The topological polar surface area (TPSA) is 79.7 Å². The third-order valence-corrected chi connectivity index (χ3v) is 6.01. The van der Waals surface area contributed by atoms with E-state index in [9.17, 15) is 14.7 Å². The molecule has 1 saturated heterocycles. The van der Waals surface area contributed by atoms with Crippen molar-refractivity contribution in [2.24, 2.45) is 0 Å². The van der Waals surface area contributed by atoms with Crippen molar-refractivity contribution in [3.8, 4) is 5.75 Å². The Morgan fingerprint density at radius 2 is 1.88 bits per heavy atom. The smallest absolute Gasteiger partial charge is 0.300 e. The number of rotatable bonds is 4. The number of benzene rings is 2. The number of pyridine rings is 1. The van der Waals surface area contributed by atoms with Crippen LogP contribution in [0.15, 0.2) is 66.4 Å². The van der Waals surface area contributed by atoms with E-state index in [0.717, 1.165) is 11.1 Å². The highest BCUT2D eigenvalue weighted by atomic mass is 35.5. The molecule has 0 saturated carbocycles. The minimum absolute atomic E-state index is 0.0789. The number of hydrogen-bond acceptors (Lipinski definition) is 5. The average molecular weight is 449 g/mol. The molecule has 6 nitrogen and oxygen atoms in total. The molecule has 2 aromatic carbocycles. The van der Waals surface area contributed by atoms with Gasteiger partial charge in [-0.3, -0.25) is 19.5 Å². The fourth-order valence-corrected chi connectivity index (χ4v) is 4.06. The molecule has 1 aromatic heterocycles. The summed E-state index contributed by atoms with van der Waals surface area (Å²) in [5, 5.41) is 11.5. The molecule has 7 heteroatoms. The van der Waals surface area contributed by atoms with Crippen molar-refractivity contribution < 1.29 is 19.4 Å². The zero-order valence-corrected chi connectivity index (χ0v) is 18.6. The number of aromatic nitrogens is 1. The van der Waals surface area contributed by atoms with Crippen LogP contribution < -0.4 is 9.64 Å². The van der Waals surface area contributed by atoms with Gasteiger partial charge in [0.15, 0.2) is 0 Å². The Balaban J connectivity index is 2.00. The van der Waals surface area contributed by atoms with Gasteiger partial charge in [0.25, 0.3) is 11.7 Å². The van der Waals surface area contributed by atoms with Crippen molar-refractivity contribution in [2.75, 3.05) is 12.0 Å². The van der Waals surface area contributed by atoms with E-state index in [-0.39, 0.29) is 21.9 Å². The van der Waals surface area contributed by atoms with Crippen molar-refractivity contribution in [3.63, 3.8) is 0 Å². The van der Waals surface area contributed by atoms with Gasteiger partial charge in [-0.15, -0.1) is 0 Å². The van der Waals surface area contributed by atoms with Crippen molar-refractivity contribution >= 4 is 34.7 Å². The largest absolute Gasteiger partial charge is 0.507 e. The highest BCUT2D eigenvalue weighted by Gasteiger charge is 2.48. The third kappa shape index (κ3) is 3.52. The minimum Gasteiger partial charge on any atom is -0.507 e. The zero-order valence-electron chi connectivity index (χ0n) is 17.8. The molecular formula is C25H21ClN2O4. The molecule has 32 heavy (non-hydrogen) atoms. The quantitative estimate of drug-likeness (QED) is 0.345. The van der Waals surface area contributed by atoms with Gasteiger partial charge < -0.3 is 9.84 Å². The van der Waals surface area contributed by atoms with Crippen LogP contribution in [0.1, 0.15) is 28.4 Å². The first-order valence-corrected chi connectivity index (χ1v) is 10.3. The normalized spacial score (nSPS) is 17.6. The molecule has 1 unspecified atom stereocenters. The van der Waals surface area contributed by atoms with Crippen LogP contribution >= 0.6 is 11.6 Å². The second kappa shape index (κ2) is 8.48. The summed E-state index contributed by atoms with van der Waals surface area (Å²) in [6, 6.07) is 14.6. The molecule has 1 fully saturated rings. The molecule has 1 amide bonds. The van der Waals surface area contributed by atoms with E-state index in [1.54, 1.807) is 42.6 Å². The predicted molar refractivity (Wildman–Crippen MR) is 123 cm³/mol. The van der Waals surface area contributed by atoms with Crippen LogP contribution in [-0.2, 0) is 9.59 Å². The molecule has 1 aliphatic heterocycles. The molecule has 3 aromatic rings. The van der Waals surface area contributed by atoms with Crippen LogP contribution in [0.2, 0.25) is 5.02 Å². The second-order valence-corrected chi connectivity index (χ2v) is 7.90. The number of aryl methyl sites for hydroxylation is 1. The SMILES string of the molecule is COc1ccc(Cl)c(/C(O)=C2\C(=O)C(=O)N(c3cccc(C)c3C)C2c2ccccn2)c1. The number of nitrogens with zero attached hydrogens (tertiary/aromatic N) is 2. The van der Waals surface area contributed by atoms with E-state index in [1.807, 2.05) is 26.0 Å². The number of Topliss-reactive ketones (excluding diaryl/α,β-unsaturated/α-hetero) is 1. The van der Waals surface area contributed by atoms with Gasteiger partial charge in [0.05, 0.1) is 23.4 Å². The fraction of sp³-hybridized carbons (Fsp3) is 0.160. The van der Waals surface area contributed by atoms with E-state index in [1.165, 1.54) is 18.1 Å². The van der Waals surface area contributed by atoms with Crippen molar-refractivity contribution in [2.45, 2.75) is 19.9 Å². The van der Waals surface area contributed by atoms with Crippen LogP contribution in [0, 0.1) is 13.8 Å². The number of carbonyl (C=O) groups is 2. The summed E-state index contributed by atoms with van der Waals surface area (Å²) in [6.07, 6.45) is 1.58. The van der Waals surface area contributed by atoms with Gasteiger partial charge in [0, 0.05) is 17.4 Å². The van der Waals surface area contributed by atoms with E-state index in [2.05, 4.69) is 4.98 Å². The maximum atomic E-state index is 13.3. The number of ketones is 1. The van der Waals surface area contributed by atoms with Gasteiger partial charge in [-0.05, 0) is 61.4 Å². The Hall–Kier alpha value is -3.64. The summed E-state index contributed by atoms with van der Waals surface area (Å²) in [5.74, 6) is -1.47. The zero-order chi connectivity index (χ0) is 23.0. The summed E-state index contributed by atoms with van der Waals surface area (Å²) >= 11 is 6.33. The molecule has 0 bridgehead atoms. The standard InChI is InChI=1S/C25H21ClN2O4/c1-14-7-6-9-20(15(14)2)28-22(19-8-4-5-12-27-19)21(24(30)25(28)31)23(29)17-13-16(32-3)10-11-18(17)26/h4-13,22,29H,1-3H3/b23-21+. The van der Waals surface area contributed by atoms with E-state index in [4.69, 9.17) is 16.3 Å². The van der Waals surface area contributed by atoms with Crippen LogP contribution in [0.4, 0.5) is 5.69 Å². The van der Waals surface area contributed by atoms with Crippen LogP contribution in [-0.4, -0.2) is 28.9 Å². The summed E-state index contributed by atoms with van der Waals surface area (Å²) in [5.41, 5.74) is 2.98. The number of aliphatic hydroxyl groups is 1. The number of aliphatic hydroxyl groups excluding tert-OH is 1. The summed E-state index contributed by atoms with van der Waals surface area (Å²) < 4.78 is 5.23. The number of hydrogen-bond donors (Lipinski definition) is 1. The summed E-state index contributed by atoms with van der Waals surface area (Å²) in [6.45, 7) is 3.82. The van der Waals surface area contributed by atoms with Gasteiger partial charge in [-0.1, -0.05) is 29.8 Å². The number of halogens is 1. The lowest BCUT2D eigenvalue weighted by Crippen LogP contribution is -2.30. The van der Waals surface area contributed by atoms with Crippen molar-refractivity contribution in [1.29, 1.82) is 0 Å². The lowest BCUT2D eigenvalue weighted by molar-refractivity contribution is -0.132. The lowest BCUT2D eigenvalue weighted by Gasteiger charge is -2.26. The van der Waals surface area contributed by atoms with E-state index in [0.29, 0.717) is 17.1 Å². The van der Waals surface area contributed by atoms with Gasteiger partial charge >= 0.3 is 0 Å². The highest BCUT2D eigenvalue weighted by molar-refractivity contribution is 6.52. The first-order valence-electron chi connectivity index (χ1n) is 9.97. The van der Waals surface area contributed by atoms with Gasteiger partial charge in [0.2, 0.25) is 0 Å². The molecule has 1 N–H and O–H groups in total. The van der Waals surface area contributed by atoms with Crippen LogP contribution in [0.25, 0.3) is 5.76 Å². The number of carbonyl (C=O) groups excluding carboxylic acids is 2. The number of amides is 1. The number of methoxy groups -OCH3 is 1. The maximum absolute atomic E-state index is 13.3. The minimum atomic E-state index is -0.918. The van der Waals surface area contributed by atoms with Crippen LogP contribution in [0.3, 0.4) is 0 Å². The molecule has 0 aliphatic carbocycles. The Bertz CT molecular complexity index is 1250. The number of anilines is 1. The molecule has 0 radical (unpaired) electrons.